The number of likely N-dealkylation sites (N-methyl/N-ethyl adjacent to an activating group) is 1. The standard InChI is InChI=1S/C12H17BrN2O3/c1-2-14(7-8-16)12(18)5-6-15-9-10(13)3-4-11(15)17/h3-4,9,16H,2,5-8H2,1H3. The van der Waals surface area contributed by atoms with E-state index in [0.717, 1.165) is 4.47 Å². The van der Waals surface area contributed by atoms with Gasteiger partial charge in [0.2, 0.25) is 5.91 Å². The third kappa shape index (κ3) is 4.27. The molecule has 0 saturated carbocycles. The molecule has 0 aromatic carbocycles. The Bertz CT molecular complexity index is 459. The third-order valence-corrected chi connectivity index (χ3v) is 3.09. The van der Waals surface area contributed by atoms with E-state index >= 15 is 0 Å². The Kier molecular flexibility index (Phi) is 6.07. The predicted octanol–water partition coefficient (Wildman–Crippen LogP) is 0.842. The minimum atomic E-state index is -0.129. The molecule has 1 aromatic heterocycles. The largest absolute Gasteiger partial charge is 0.395 e. The van der Waals surface area contributed by atoms with Gasteiger partial charge in [0.25, 0.3) is 5.56 Å². The molecular formula is C12H17BrN2O3. The van der Waals surface area contributed by atoms with E-state index in [1.807, 2.05) is 6.92 Å². The highest BCUT2D eigenvalue weighted by Gasteiger charge is 2.11. The summed E-state index contributed by atoms with van der Waals surface area (Å²) in [6.45, 7) is 3.06. The summed E-state index contributed by atoms with van der Waals surface area (Å²) in [7, 11) is 0. The molecule has 0 saturated heterocycles. The van der Waals surface area contributed by atoms with Crippen molar-refractivity contribution in [3.05, 3.63) is 33.2 Å². The Morgan fingerprint density at radius 1 is 1.50 bits per heavy atom. The lowest BCUT2D eigenvalue weighted by atomic mass is 10.3. The zero-order valence-electron chi connectivity index (χ0n) is 10.3. The molecule has 0 radical (unpaired) electrons. The number of nitrogens with zero attached hydrogens (tertiary/aromatic N) is 2. The summed E-state index contributed by atoms with van der Waals surface area (Å²) in [4.78, 5) is 24.9. The van der Waals surface area contributed by atoms with Gasteiger partial charge in [-0.2, -0.15) is 0 Å². The molecule has 0 atom stereocenters. The number of pyridine rings is 1. The van der Waals surface area contributed by atoms with Crippen molar-refractivity contribution < 1.29 is 9.90 Å². The van der Waals surface area contributed by atoms with Crippen LogP contribution in [0, 0.1) is 0 Å². The van der Waals surface area contributed by atoms with E-state index in [9.17, 15) is 9.59 Å². The third-order valence-electron chi connectivity index (χ3n) is 2.62. The maximum absolute atomic E-state index is 11.8. The predicted molar refractivity (Wildman–Crippen MR) is 72.4 cm³/mol. The van der Waals surface area contributed by atoms with Gasteiger partial charge in [0.15, 0.2) is 0 Å². The number of aliphatic hydroxyl groups is 1. The maximum atomic E-state index is 11.8. The molecule has 0 bridgehead atoms. The van der Waals surface area contributed by atoms with Crippen LogP contribution in [0.2, 0.25) is 0 Å². The van der Waals surface area contributed by atoms with Gasteiger partial charge in [0, 0.05) is 42.8 Å². The first-order valence-corrected chi connectivity index (χ1v) is 6.62. The SMILES string of the molecule is CCN(CCO)C(=O)CCn1cc(Br)ccc1=O. The number of aryl methyl sites for hydroxylation is 1. The molecule has 18 heavy (non-hydrogen) atoms. The van der Waals surface area contributed by atoms with E-state index in [2.05, 4.69) is 15.9 Å². The minimum Gasteiger partial charge on any atom is -0.395 e. The summed E-state index contributed by atoms with van der Waals surface area (Å²) in [5.74, 6) is -0.0570. The number of halogens is 1. The first kappa shape index (κ1) is 14.9. The van der Waals surface area contributed by atoms with Crippen molar-refractivity contribution in [2.45, 2.75) is 19.9 Å². The van der Waals surface area contributed by atoms with Crippen molar-refractivity contribution in [1.82, 2.24) is 9.47 Å². The molecule has 1 rings (SSSR count). The zero-order chi connectivity index (χ0) is 13.5. The summed E-state index contributed by atoms with van der Waals surface area (Å²) in [6.07, 6.45) is 1.92. The van der Waals surface area contributed by atoms with Gasteiger partial charge >= 0.3 is 0 Å². The number of aromatic nitrogens is 1. The van der Waals surface area contributed by atoms with Crippen LogP contribution in [0.4, 0.5) is 0 Å². The molecule has 0 spiro atoms. The number of carbonyl (C=O) groups is 1. The van der Waals surface area contributed by atoms with Gasteiger partial charge in [-0.25, -0.2) is 0 Å². The molecule has 0 aliphatic rings. The highest BCUT2D eigenvalue weighted by Crippen LogP contribution is 2.05. The van der Waals surface area contributed by atoms with Crippen molar-refractivity contribution in [2.75, 3.05) is 19.7 Å². The van der Waals surface area contributed by atoms with Gasteiger partial charge in [-0.1, -0.05) is 0 Å². The van der Waals surface area contributed by atoms with Gasteiger partial charge in [0.05, 0.1) is 6.61 Å². The summed E-state index contributed by atoms with van der Waals surface area (Å²) >= 11 is 3.28. The van der Waals surface area contributed by atoms with Crippen LogP contribution in [-0.2, 0) is 11.3 Å². The fourth-order valence-corrected chi connectivity index (χ4v) is 2.01. The van der Waals surface area contributed by atoms with E-state index in [-0.39, 0.29) is 24.5 Å². The summed E-state index contributed by atoms with van der Waals surface area (Å²) in [5, 5.41) is 8.83. The Labute approximate surface area is 114 Å². The van der Waals surface area contributed by atoms with Crippen LogP contribution in [0.1, 0.15) is 13.3 Å². The van der Waals surface area contributed by atoms with Crippen molar-refractivity contribution in [1.29, 1.82) is 0 Å². The van der Waals surface area contributed by atoms with E-state index < -0.39 is 0 Å². The van der Waals surface area contributed by atoms with Crippen LogP contribution in [0.3, 0.4) is 0 Å². The number of rotatable bonds is 6. The summed E-state index contributed by atoms with van der Waals surface area (Å²) < 4.78 is 2.30. The van der Waals surface area contributed by atoms with Gasteiger partial charge in [-0.05, 0) is 28.9 Å². The normalized spacial score (nSPS) is 10.4. The molecule has 0 aliphatic carbocycles. The molecule has 1 N–H and O–H groups in total. The first-order valence-electron chi connectivity index (χ1n) is 5.83. The summed E-state index contributed by atoms with van der Waals surface area (Å²) in [6, 6.07) is 3.13. The fraction of sp³-hybridized carbons (Fsp3) is 0.500. The molecule has 1 heterocycles. The van der Waals surface area contributed by atoms with Crippen LogP contribution < -0.4 is 5.56 Å². The fourth-order valence-electron chi connectivity index (χ4n) is 1.63. The molecular weight excluding hydrogens is 300 g/mol. The highest BCUT2D eigenvalue weighted by atomic mass is 79.9. The Hall–Kier alpha value is -1.14. The van der Waals surface area contributed by atoms with Crippen LogP contribution >= 0.6 is 15.9 Å². The molecule has 0 aliphatic heterocycles. The molecule has 0 unspecified atom stereocenters. The Morgan fingerprint density at radius 2 is 2.22 bits per heavy atom. The molecule has 1 aromatic rings. The Morgan fingerprint density at radius 3 is 2.83 bits per heavy atom. The van der Waals surface area contributed by atoms with Gasteiger partial charge in [-0.15, -0.1) is 0 Å². The van der Waals surface area contributed by atoms with Gasteiger partial charge in [0.1, 0.15) is 0 Å². The monoisotopic (exact) mass is 316 g/mol. The molecule has 6 heteroatoms. The number of aliphatic hydroxyl groups excluding tert-OH is 1. The molecule has 5 nitrogen and oxygen atoms in total. The van der Waals surface area contributed by atoms with Crippen LogP contribution in [0.5, 0.6) is 0 Å². The molecule has 1 amide bonds. The average molecular weight is 317 g/mol. The second-order valence-corrected chi connectivity index (χ2v) is 4.74. The lowest BCUT2D eigenvalue weighted by Crippen LogP contribution is -2.34. The second-order valence-electron chi connectivity index (χ2n) is 3.83. The number of carbonyl (C=O) groups excluding carboxylic acids is 1. The molecule has 0 fully saturated rings. The average Bonchev–Trinajstić information content (AvgIpc) is 2.36. The molecule has 100 valence electrons. The summed E-state index contributed by atoms with van der Waals surface area (Å²) in [5.41, 5.74) is -0.129. The lowest BCUT2D eigenvalue weighted by molar-refractivity contribution is -0.131. The zero-order valence-corrected chi connectivity index (χ0v) is 11.9. The van der Waals surface area contributed by atoms with Crippen LogP contribution in [0.15, 0.2) is 27.6 Å². The minimum absolute atomic E-state index is 0.0452. The van der Waals surface area contributed by atoms with E-state index in [0.29, 0.717) is 19.6 Å². The lowest BCUT2D eigenvalue weighted by Gasteiger charge is -2.19. The van der Waals surface area contributed by atoms with Crippen LogP contribution in [0.25, 0.3) is 0 Å². The quantitative estimate of drug-likeness (QED) is 0.846. The smallest absolute Gasteiger partial charge is 0.250 e. The number of hydrogen-bond donors (Lipinski definition) is 1. The second kappa shape index (κ2) is 7.33. The van der Waals surface area contributed by atoms with Crippen molar-refractivity contribution in [3.8, 4) is 0 Å². The van der Waals surface area contributed by atoms with Crippen LogP contribution in [-0.4, -0.2) is 40.2 Å². The van der Waals surface area contributed by atoms with Gasteiger partial charge < -0.3 is 14.6 Å². The maximum Gasteiger partial charge on any atom is 0.250 e. The number of hydrogen-bond acceptors (Lipinski definition) is 3. The highest BCUT2D eigenvalue weighted by molar-refractivity contribution is 9.10. The topological polar surface area (TPSA) is 62.5 Å². The van der Waals surface area contributed by atoms with Crippen molar-refractivity contribution >= 4 is 21.8 Å². The first-order chi connectivity index (χ1) is 8.58. The number of amides is 1. The van der Waals surface area contributed by atoms with E-state index in [1.165, 1.54) is 10.6 Å². The van der Waals surface area contributed by atoms with Gasteiger partial charge in [-0.3, -0.25) is 9.59 Å². The van der Waals surface area contributed by atoms with E-state index in [1.54, 1.807) is 17.2 Å². The van der Waals surface area contributed by atoms with Crippen molar-refractivity contribution in [2.24, 2.45) is 0 Å². The Balaban J connectivity index is 2.61. The van der Waals surface area contributed by atoms with E-state index in [4.69, 9.17) is 5.11 Å². The van der Waals surface area contributed by atoms with Crippen molar-refractivity contribution in [3.63, 3.8) is 0 Å².